The van der Waals surface area contributed by atoms with Gasteiger partial charge in [-0.1, -0.05) is 48.5 Å². The molecule has 1 nitrogen and oxygen atoms in total. The minimum Gasteiger partial charge on any atom is -0.248 e. The van der Waals surface area contributed by atoms with E-state index in [-0.39, 0.29) is 0 Å². The van der Waals surface area contributed by atoms with Gasteiger partial charge < -0.3 is 0 Å². The molecule has 1 heterocycles. The normalized spacial score (nSPS) is 11.2. The predicted molar refractivity (Wildman–Crippen MR) is 94.2 cm³/mol. The lowest BCUT2D eigenvalue weighted by Gasteiger charge is -2.08. The largest absolute Gasteiger partial charge is 0.248 e. The van der Waals surface area contributed by atoms with E-state index in [0.717, 1.165) is 11.2 Å². The van der Waals surface area contributed by atoms with E-state index in [1.54, 1.807) is 0 Å². The van der Waals surface area contributed by atoms with Gasteiger partial charge in [-0.25, -0.2) is 4.98 Å². The Balaban J connectivity index is 1.92. The first-order valence-electron chi connectivity index (χ1n) is 7.58. The van der Waals surface area contributed by atoms with E-state index in [4.69, 9.17) is 4.98 Å². The minimum atomic E-state index is 1.03. The highest BCUT2D eigenvalue weighted by atomic mass is 14.7. The van der Waals surface area contributed by atoms with Crippen LogP contribution < -0.4 is 0 Å². The van der Waals surface area contributed by atoms with Crippen molar-refractivity contribution in [1.29, 1.82) is 0 Å². The number of nitrogens with zero attached hydrogens (tertiary/aromatic N) is 1. The average molecular weight is 283 g/mol. The van der Waals surface area contributed by atoms with Crippen molar-refractivity contribution in [2.24, 2.45) is 0 Å². The van der Waals surface area contributed by atoms with Gasteiger partial charge in [-0.05, 0) is 53.9 Å². The number of hydrogen-bond donors (Lipinski definition) is 0. The highest BCUT2D eigenvalue weighted by Crippen LogP contribution is 2.26. The van der Waals surface area contributed by atoms with Crippen molar-refractivity contribution in [3.05, 3.63) is 77.9 Å². The SMILES string of the molecule is Cc1cc(C)c2ccc(-c3ccc4ccccc4c3)nc2c1. The Morgan fingerprint density at radius 1 is 0.727 bits per heavy atom. The summed E-state index contributed by atoms with van der Waals surface area (Å²) in [5, 5.41) is 3.75. The third kappa shape index (κ3) is 2.15. The topological polar surface area (TPSA) is 12.9 Å². The molecule has 0 amide bonds. The van der Waals surface area contributed by atoms with E-state index in [0.29, 0.717) is 0 Å². The Kier molecular flexibility index (Phi) is 2.93. The van der Waals surface area contributed by atoms with Gasteiger partial charge in [0.05, 0.1) is 11.2 Å². The molecule has 0 unspecified atom stereocenters. The van der Waals surface area contributed by atoms with Gasteiger partial charge >= 0.3 is 0 Å². The van der Waals surface area contributed by atoms with Crippen molar-refractivity contribution in [3.63, 3.8) is 0 Å². The fourth-order valence-corrected chi connectivity index (χ4v) is 3.10. The number of aromatic nitrogens is 1. The molecule has 1 aromatic heterocycles. The van der Waals surface area contributed by atoms with Gasteiger partial charge in [0, 0.05) is 10.9 Å². The maximum atomic E-state index is 4.87. The van der Waals surface area contributed by atoms with Crippen LogP contribution in [0.5, 0.6) is 0 Å². The Bertz CT molecular complexity index is 999. The van der Waals surface area contributed by atoms with Gasteiger partial charge in [0.15, 0.2) is 0 Å². The number of benzene rings is 3. The lowest BCUT2D eigenvalue weighted by molar-refractivity contribution is 1.35. The van der Waals surface area contributed by atoms with Gasteiger partial charge in [-0.3, -0.25) is 0 Å². The smallest absolute Gasteiger partial charge is 0.0714 e. The third-order valence-corrected chi connectivity index (χ3v) is 4.20. The monoisotopic (exact) mass is 283 g/mol. The molecule has 22 heavy (non-hydrogen) atoms. The molecule has 0 aliphatic heterocycles. The van der Waals surface area contributed by atoms with Gasteiger partial charge in [0.1, 0.15) is 0 Å². The van der Waals surface area contributed by atoms with E-state index in [1.807, 2.05) is 0 Å². The van der Waals surface area contributed by atoms with E-state index < -0.39 is 0 Å². The van der Waals surface area contributed by atoms with Crippen LogP contribution in [-0.2, 0) is 0 Å². The second kappa shape index (κ2) is 4.96. The Morgan fingerprint density at radius 3 is 2.41 bits per heavy atom. The second-order valence-corrected chi connectivity index (χ2v) is 5.91. The summed E-state index contributed by atoms with van der Waals surface area (Å²) in [6.45, 7) is 4.27. The third-order valence-electron chi connectivity index (χ3n) is 4.20. The molecule has 0 N–H and O–H groups in total. The maximum Gasteiger partial charge on any atom is 0.0714 e. The molecule has 0 radical (unpaired) electrons. The Hall–Kier alpha value is -2.67. The summed E-state index contributed by atoms with van der Waals surface area (Å²) in [4.78, 5) is 4.87. The van der Waals surface area contributed by atoms with Gasteiger partial charge in [-0.2, -0.15) is 0 Å². The molecule has 0 saturated heterocycles. The summed E-state index contributed by atoms with van der Waals surface area (Å²) in [6.07, 6.45) is 0. The zero-order valence-electron chi connectivity index (χ0n) is 12.8. The highest BCUT2D eigenvalue weighted by Gasteiger charge is 2.05. The van der Waals surface area contributed by atoms with Crippen LogP contribution in [-0.4, -0.2) is 4.98 Å². The van der Waals surface area contributed by atoms with Crippen LogP contribution in [0.1, 0.15) is 11.1 Å². The summed E-state index contributed by atoms with van der Waals surface area (Å²) in [5.41, 5.74) is 5.81. The summed E-state index contributed by atoms with van der Waals surface area (Å²) in [6, 6.07) is 23.6. The highest BCUT2D eigenvalue weighted by molar-refractivity contribution is 5.89. The molecule has 0 fully saturated rings. The zero-order valence-corrected chi connectivity index (χ0v) is 12.8. The number of pyridine rings is 1. The quantitative estimate of drug-likeness (QED) is 0.438. The van der Waals surface area contributed by atoms with Crippen LogP contribution >= 0.6 is 0 Å². The molecule has 3 aromatic carbocycles. The van der Waals surface area contributed by atoms with Crippen molar-refractivity contribution in [2.75, 3.05) is 0 Å². The number of fused-ring (bicyclic) bond motifs is 2. The van der Waals surface area contributed by atoms with Crippen LogP contribution in [0.15, 0.2) is 66.7 Å². The molecule has 4 aromatic rings. The molecule has 0 aliphatic rings. The first kappa shape index (κ1) is 13.0. The molecule has 1 heteroatoms. The van der Waals surface area contributed by atoms with E-state index in [9.17, 15) is 0 Å². The number of rotatable bonds is 1. The molecule has 106 valence electrons. The van der Waals surface area contributed by atoms with Crippen LogP contribution in [0, 0.1) is 13.8 Å². The molecule has 0 atom stereocenters. The lowest BCUT2D eigenvalue weighted by atomic mass is 10.0. The number of aryl methyl sites for hydroxylation is 2. The molecule has 0 aliphatic carbocycles. The fourth-order valence-electron chi connectivity index (χ4n) is 3.10. The van der Waals surface area contributed by atoms with Crippen molar-refractivity contribution in [2.45, 2.75) is 13.8 Å². The summed E-state index contributed by atoms with van der Waals surface area (Å²) >= 11 is 0. The van der Waals surface area contributed by atoms with Gasteiger partial charge in [0.25, 0.3) is 0 Å². The maximum absolute atomic E-state index is 4.87. The first-order valence-corrected chi connectivity index (χ1v) is 7.58. The van der Waals surface area contributed by atoms with E-state index >= 15 is 0 Å². The lowest BCUT2D eigenvalue weighted by Crippen LogP contribution is -1.89. The fraction of sp³-hybridized carbons (Fsp3) is 0.0952. The van der Waals surface area contributed by atoms with Crippen LogP contribution in [0.3, 0.4) is 0 Å². The van der Waals surface area contributed by atoms with Gasteiger partial charge in [0.2, 0.25) is 0 Å². The van der Waals surface area contributed by atoms with Crippen molar-refractivity contribution in [1.82, 2.24) is 4.98 Å². The molecule has 0 spiro atoms. The minimum absolute atomic E-state index is 1.03. The summed E-state index contributed by atoms with van der Waals surface area (Å²) in [5.74, 6) is 0. The molecule has 0 saturated carbocycles. The Morgan fingerprint density at radius 2 is 1.55 bits per heavy atom. The van der Waals surface area contributed by atoms with Crippen LogP contribution in [0.4, 0.5) is 0 Å². The van der Waals surface area contributed by atoms with E-state index in [1.165, 1.54) is 32.8 Å². The molecular weight excluding hydrogens is 266 g/mol. The predicted octanol–water partition coefficient (Wildman–Crippen LogP) is 5.67. The van der Waals surface area contributed by atoms with Crippen molar-refractivity contribution >= 4 is 21.7 Å². The van der Waals surface area contributed by atoms with Crippen LogP contribution in [0.2, 0.25) is 0 Å². The molecule has 0 bridgehead atoms. The van der Waals surface area contributed by atoms with E-state index in [2.05, 4.69) is 80.6 Å². The number of hydrogen-bond acceptors (Lipinski definition) is 1. The van der Waals surface area contributed by atoms with Crippen molar-refractivity contribution in [3.8, 4) is 11.3 Å². The standard InChI is InChI=1S/C21H17N/c1-14-11-15(2)19-9-10-20(22-21(19)12-14)18-8-7-16-5-3-4-6-17(16)13-18/h3-13H,1-2H3. The summed E-state index contributed by atoms with van der Waals surface area (Å²) < 4.78 is 0. The zero-order chi connectivity index (χ0) is 15.1. The molecular formula is C21H17N. The van der Waals surface area contributed by atoms with Crippen molar-refractivity contribution < 1.29 is 0 Å². The Labute approximate surface area is 130 Å². The second-order valence-electron chi connectivity index (χ2n) is 5.91. The first-order chi connectivity index (χ1) is 10.7. The molecule has 4 rings (SSSR count). The van der Waals surface area contributed by atoms with Crippen LogP contribution in [0.25, 0.3) is 32.9 Å². The average Bonchev–Trinajstić information content (AvgIpc) is 2.53. The summed E-state index contributed by atoms with van der Waals surface area (Å²) in [7, 11) is 0. The van der Waals surface area contributed by atoms with Gasteiger partial charge in [-0.15, -0.1) is 0 Å².